The van der Waals surface area contributed by atoms with E-state index >= 15 is 0 Å². The zero-order valence-electron chi connectivity index (χ0n) is 8.16. The van der Waals surface area contributed by atoms with Crippen LogP contribution in [0.1, 0.15) is 13.8 Å². The van der Waals surface area contributed by atoms with E-state index in [1.807, 2.05) is 13.8 Å². The molecule has 0 unspecified atom stereocenters. The SMILES string of the molecule is C#[Si]O.C#[Si]OC.CC.[CH3-].[Y].[Y]. The molecule has 0 aromatic rings. The van der Waals surface area contributed by atoms with Gasteiger partial charge in [0.1, 0.15) is 0 Å². The van der Waals surface area contributed by atoms with Crippen molar-refractivity contribution in [3.63, 3.8) is 0 Å². The first-order valence-electron chi connectivity index (χ1n) is 2.41. The third kappa shape index (κ3) is 175. The maximum Gasteiger partial charge on any atom is 0.239 e. The molecule has 6 heteroatoms. The van der Waals surface area contributed by atoms with E-state index in [-0.39, 0.29) is 82.0 Å². The van der Waals surface area contributed by atoms with Crippen LogP contribution in [-0.2, 0) is 69.8 Å². The van der Waals surface area contributed by atoms with E-state index < -0.39 is 9.20 Å². The van der Waals surface area contributed by atoms with Gasteiger partial charge in [-0.25, -0.2) is 0 Å². The fraction of sp³-hybridized carbons (Fsp3) is 0.500. The summed E-state index contributed by atoms with van der Waals surface area (Å²) >= 11 is 0. The Balaban J connectivity index is -0.0000000105. The minimum atomic E-state index is -0.417. The summed E-state index contributed by atoms with van der Waals surface area (Å²) in [4.78, 5) is 7.38. The van der Waals surface area contributed by atoms with E-state index in [2.05, 4.69) is 10.4 Å². The first-order chi connectivity index (χ1) is 4.33. The van der Waals surface area contributed by atoms with Crippen molar-refractivity contribution in [3.8, 4) is 12.0 Å². The summed E-state index contributed by atoms with van der Waals surface area (Å²) in [5, 5.41) is 0. The molecule has 0 bridgehead atoms. The van der Waals surface area contributed by atoms with E-state index in [4.69, 9.17) is 10.8 Å². The van der Waals surface area contributed by atoms with Crippen molar-refractivity contribution in [2.45, 2.75) is 13.8 Å². The predicted molar refractivity (Wildman–Crippen MR) is 48.4 cm³/mol. The van der Waals surface area contributed by atoms with Gasteiger partial charge in [-0.3, -0.25) is 0 Å². The largest absolute Gasteiger partial charge is 0.521 e. The average Bonchev–Trinajstić information content (AvgIpc) is 1.94. The zero-order chi connectivity index (χ0) is 8.12. The summed E-state index contributed by atoms with van der Waals surface area (Å²) in [7, 11) is 1.29. The predicted octanol–water partition coefficient (Wildman–Crippen LogP) is 0.499. The minimum absolute atomic E-state index is 0. The first kappa shape index (κ1) is 37.2. The molecule has 0 aliphatic carbocycles. The summed E-state index contributed by atoms with van der Waals surface area (Å²) in [6.07, 6.45) is 0. The van der Waals surface area contributed by atoms with Crippen molar-refractivity contribution < 1.29 is 74.6 Å². The second-order valence-corrected chi connectivity index (χ2v) is 1.35. The summed E-state index contributed by atoms with van der Waals surface area (Å²) in [5.74, 6) is 0. The Kier molecular flexibility index (Phi) is 239. The second-order valence-electron chi connectivity index (χ2n) is 0.451. The van der Waals surface area contributed by atoms with Gasteiger partial charge in [0, 0.05) is 65.4 Å². The van der Waals surface area contributed by atoms with Crippen LogP contribution in [0.5, 0.6) is 0 Å². The first-order valence-corrected chi connectivity index (χ1v) is 4.42. The van der Waals surface area contributed by atoms with Crippen molar-refractivity contribution in [1.29, 1.82) is 0 Å². The molecule has 0 aliphatic heterocycles. The number of hydrogen-bond donors (Lipinski definition) is 1. The standard InChI is InChI=1S/C2H4OSi.C2H6.CH2OSi.CH3.2Y/c1-3-4-2;1-2;1-3-2;;;/h2H,1H3;1-2H3;1-2H;1H3;;/q;;;-1;;. The second kappa shape index (κ2) is 77.3. The zero-order valence-corrected chi connectivity index (χ0v) is 15.8. The van der Waals surface area contributed by atoms with Crippen LogP contribution in [0.15, 0.2) is 0 Å². The molecule has 0 aromatic carbocycles. The van der Waals surface area contributed by atoms with Crippen LogP contribution < -0.4 is 0 Å². The number of hydrogen-bond acceptors (Lipinski definition) is 2. The minimum Gasteiger partial charge on any atom is -0.521 e. The molecule has 0 aliphatic rings. The monoisotopic (exact) mass is 353 g/mol. The number of rotatable bonds is 0. The fourth-order valence-corrected chi connectivity index (χ4v) is 0. The van der Waals surface area contributed by atoms with Gasteiger partial charge in [-0.15, -0.1) is 12.0 Å². The molecule has 0 amide bonds. The molecule has 0 atom stereocenters. The maximum absolute atomic E-state index is 7.38. The Bertz CT molecular complexity index is 98.7. The van der Waals surface area contributed by atoms with Crippen LogP contribution in [0.3, 0.4) is 0 Å². The van der Waals surface area contributed by atoms with Gasteiger partial charge in [-0.1, -0.05) is 13.8 Å². The Morgan fingerprint density at radius 1 is 1.17 bits per heavy atom. The molecule has 0 fully saturated rings. The van der Waals surface area contributed by atoms with Crippen LogP contribution in [0, 0.1) is 19.4 Å². The molecule has 0 saturated heterocycles. The van der Waals surface area contributed by atoms with Crippen molar-refractivity contribution in [2.24, 2.45) is 0 Å². The molecule has 0 heterocycles. The van der Waals surface area contributed by atoms with Crippen LogP contribution >= 0.6 is 0 Å². The fourth-order valence-electron chi connectivity index (χ4n) is 0. The van der Waals surface area contributed by atoms with Gasteiger partial charge in [-0.2, -0.15) is 0 Å². The molecule has 2 radical (unpaired) electrons. The van der Waals surface area contributed by atoms with Crippen LogP contribution in [0.2, 0.25) is 0 Å². The van der Waals surface area contributed by atoms with Gasteiger partial charge in [0.2, 0.25) is 18.4 Å². The van der Waals surface area contributed by atoms with Gasteiger partial charge >= 0.3 is 0 Å². The van der Waals surface area contributed by atoms with Crippen LogP contribution in [0.25, 0.3) is 0 Å². The van der Waals surface area contributed by atoms with E-state index in [9.17, 15) is 0 Å². The molecule has 0 spiro atoms. The molecule has 12 heavy (non-hydrogen) atoms. The molecule has 0 saturated carbocycles. The van der Waals surface area contributed by atoms with Gasteiger partial charge in [0.25, 0.3) is 0 Å². The van der Waals surface area contributed by atoms with E-state index in [1.165, 1.54) is 0 Å². The Morgan fingerprint density at radius 3 is 1.25 bits per heavy atom. The summed E-state index contributed by atoms with van der Waals surface area (Å²) in [6, 6.07) is 9.26. The van der Waals surface area contributed by atoms with Gasteiger partial charge < -0.3 is 16.6 Å². The summed E-state index contributed by atoms with van der Waals surface area (Å²) in [5.41, 5.74) is 0. The van der Waals surface area contributed by atoms with E-state index in [0.29, 0.717) is 0 Å². The van der Waals surface area contributed by atoms with Crippen LogP contribution in [0.4, 0.5) is 0 Å². The smallest absolute Gasteiger partial charge is 0.239 e. The Labute approximate surface area is 131 Å². The van der Waals surface area contributed by atoms with E-state index in [0.717, 1.165) is 0 Å². The van der Waals surface area contributed by atoms with Crippen molar-refractivity contribution in [3.05, 3.63) is 7.43 Å². The third-order valence-corrected chi connectivity index (χ3v) is 0.354. The molecule has 0 aromatic heterocycles. The normalized spacial score (nSPS) is 2.42. The van der Waals surface area contributed by atoms with Crippen molar-refractivity contribution in [2.75, 3.05) is 7.11 Å². The third-order valence-electron chi connectivity index (χ3n) is 0.118. The molecule has 66 valence electrons. The van der Waals surface area contributed by atoms with Crippen molar-refractivity contribution >= 4 is 18.4 Å². The molecular weight excluding hydrogens is 338 g/mol. The quantitative estimate of drug-likeness (QED) is 0.508. The van der Waals surface area contributed by atoms with Crippen LogP contribution in [-0.4, -0.2) is 30.3 Å². The Hall–Kier alpha value is 1.80. The van der Waals surface area contributed by atoms with Gasteiger partial charge in [0.05, 0.1) is 7.11 Å². The van der Waals surface area contributed by atoms with Crippen molar-refractivity contribution in [1.82, 2.24) is 0 Å². The van der Waals surface area contributed by atoms with E-state index in [1.54, 1.807) is 7.11 Å². The molecule has 1 N–H and O–H groups in total. The molecular formula is C6H15O2Si2Y2-. The average molecular weight is 353 g/mol. The van der Waals surface area contributed by atoms with Gasteiger partial charge in [-0.05, 0) is 0 Å². The molecule has 0 rings (SSSR count). The topological polar surface area (TPSA) is 29.5 Å². The molecule has 2 nitrogen and oxygen atoms in total. The maximum atomic E-state index is 7.38. The summed E-state index contributed by atoms with van der Waals surface area (Å²) < 4.78 is 4.35. The summed E-state index contributed by atoms with van der Waals surface area (Å²) in [6.45, 7) is 4.00. The Morgan fingerprint density at radius 2 is 1.25 bits per heavy atom. The van der Waals surface area contributed by atoms with Gasteiger partial charge in [0.15, 0.2) is 0 Å².